The highest BCUT2D eigenvalue weighted by atomic mass is 16.5. The maximum Gasteiger partial charge on any atom is 0.294 e. The number of amides is 2. The van der Waals surface area contributed by atoms with Crippen molar-refractivity contribution in [3.63, 3.8) is 0 Å². The van der Waals surface area contributed by atoms with Crippen LogP contribution in [0.4, 0.5) is 5.69 Å². The molecule has 2 amide bonds. The van der Waals surface area contributed by atoms with E-state index in [2.05, 4.69) is 0 Å². The third-order valence-electron chi connectivity index (χ3n) is 9.00. The molecule has 2 aromatic rings. The van der Waals surface area contributed by atoms with Crippen LogP contribution >= 0.6 is 0 Å². The van der Waals surface area contributed by atoms with Gasteiger partial charge in [-0.3, -0.25) is 14.4 Å². The number of carbonyl (C=O) groups excluding carboxylic acids is 3. The molecule has 188 valence electrons. The Morgan fingerprint density at radius 3 is 1.86 bits per heavy atom. The summed E-state index contributed by atoms with van der Waals surface area (Å²) in [6, 6.07) is 14.5. The number of likely N-dealkylation sites (tertiary alicyclic amines) is 1. The number of ketones is 1. The minimum Gasteiger partial charge on any atom is -0.497 e. The molecule has 5 fully saturated rings. The van der Waals surface area contributed by atoms with E-state index in [4.69, 9.17) is 4.74 Å². The first-order valence-corrected chi connectivity index (χ1v) is 13.4. The summed E-state index contributed by atoms with van der Waals surface area (Å²) < 4.78 is 5.30. The molecule has 6 heteroatoms. The summed E-state index contributed by atoms with van der Waals surface area (Å²) in [6.45, 7) is 1.30. The van der Waals surface area contributed by atoms with Gasteiger partial charge >= 0.3 is 0 Å². The molecule has 1 saturated heterocycles. The zero-order valence-electron chi connectivity index (χ0n) is 20.9. The van der Waals surface area contributed by atoms with Gasteiger partial charge in [-0.2, -0.15) is 0 Å². The van der Waals surface area contributed by atoms with Crippen LogP contribution in [0.25, 0.3) is 0 Å². The number of Topliss-reactive ketones (excluding diaryl/α,β-unsaturated/α-hetero) is 1. The number of methoxy groups -OCH3 is 1. The van der Waals surface area contributed by atoms with Crippen LogP contribution in [0, 0.1) is 17.8 Å². The number of ether oxygens (including phenoxy) is 1. The Morgan fingerprint density at radius 2 is 1.33 bits per heavy atom. The molecule has 6 nitrogen and oxygen atoms in total. The van der Waals surface area contributed by atoms with Crippen LogP contribution in [0.5, 0.6) is 5.75 Å². The molecule has 4 saturated carbocycles. The molecular formula is C30H34N2O4. The first-order valence-electron chi connectivity index (χ1n) is 13.4. The summed E-state index contributed by atoms with van der Waals surface area (Å²) in [5.74, 6) is 1.87. The van der Waals surface area contributed by atoms with E-state index in [1.54, 1.807) is 24.1 Å². The van der Waals surface area contributed by atoms with Gasteiger partial charge in [0, 0.05) is 35.4 Å². The number of rotatable bonds is 6. The van der Waals surface area contributed by atoms with Gasteiger partial charge in [-0.15, -0.1) is 0 Å². The Hall–Kier alpha value is -3.15. The van der Waals surface area contributed by atoms with Crippen molar-refractivity contribution in [2.45, 2.75) is 56.9 Å². The highest BCUT2D eigenvalue weighted by Crippen LogP contribution is 2.58. The van der Waals surface area contributed by atoms with Gasteiger partial charge in [0.05, 0.1) is 7.11 Å². The van der Waals surface area contributed by atoms with Crippen LogP contribution in [0.2, 0.25) is 0 Å². The van der Waals surface area contributed by atoms with Crippen LogP contribution in [-0.4, -0.2) is 48.2 Å². The number of carbonyl (C=O) groups is 3. The lowest BCUT2D eigenvalue weighted by atomic mass is 9.52. The first kappa shape index (κ1) is 23.3. The second-order valence-electron chi connectivity index (χ2n) is 11.4. The zero-order chi connectivity index (χ0) is 24.9. The molecule has 1 aliphatic heterocycles. The molecular weight excluding hydrogens is 452 g/mol. The number of nitrogens with zero attached hydrogens (tertiary/aromatic N) is 2. The average Bonchev–Trinajstić information content (AvgIpc) is 3.42. The molecule has 36 heavy (non-hydrogen) atoms. The van der Waals surface area contributed by atoms with Crippen molar-refractivity contribution in [1.29, 1.82) is 0 Å². The van der Waals surface area contributed by atoms with Gasteiger partial charge < -0.3 is 14.5 Å². The zero-order valence-corrected chi connectivity index (χ0v) is 20.9. The molecule has 0 N–H and O–H groups in total. The largest absolute Gasteiger partial charge is 0.497 e. The van der Waals surface area contributed by atoms with Gasteiger partial charge in [-0.25, -0.2) is 0 Å². The molecule has 0 aromatic heterocycles. The summed E-state index contributed by atoms with van der Waals surface area (Å²) in [4.78, 5) is 43.3. The fourth-order valence-corrected chi connectivity index (χ4v) is 7.76. The lowest BCUT2D eigenvalue weighted by Crippen LogP contribution is -2.62. The van der Waals surface area contributed by atoms with Gasteiger partial charge in [0.15, 0.2) is 0 Å². The van der Waals surface area contributed by atoms with E-state index in [0.29, 0.717) is 42.0 Å². The molecule has 4 aliphatic carbocycles. The molecule has 0 spiro atoms. The van der Waals surface area contributed by atoms with Gasteiger partial charge in [-0.1, -0.05) is 0 Å². The minimum atomic E-state index is -0.466. The summed E-state index contributed by atoms with van der Waals surface area (Å²) in [6.07, 6.45) is 8.87. The Morgan fingerprint density at radius 1 is 0.806 bits per heavy atom. The predicted octanol–water partition coefficient (Wildman–Crippen LogP) is 5.12. The van der Waals surface area contributed by atoms with E-state index in [-0.39, 0.29) is 11.4 Å². The maximum absolute atomic E-state index is 14.1. The normalized spacial score (nSPS) is 28.2. The smallest absolute Gasteiger partial charge is 0.294 e. The Bertz CT molecular complexity index is 1130. The third-order valence-corrected chi connectivity index (χ3v) is 9.00. The molecule has 0 radical (unpaired) electrons. The molecule has 4 bridgehead atoms. The van der Waals surface area contributed by atoms with Gasteiger partial charge in [0.2, 0.25) is 5.78 Å². The van der Waals surface area contributed by atoms with E-state index in [0.717, 1.165) is 43.5 Å². The fourth-order valence-electron chi connectivity index (χ4n) is 7.76. The Kier molecular flexibility index (Phi) is 5.85. The second kappa shape index (κ2) is 9.06. The van der Waals surface area contributed by atoms with Crippen molar-refractivity contribution in [1.82, 2.24) is 4.90 Å². The number of hydrogen-bond acceptors (Lipinski definition) is 4. The molecule has 1 heterocycles. The van der Waals surface area contributed by atoms with Crippen molar-refractivity contribution in [3.8, 4) is 5.75 Å². The van der Waals surface area contributed by atoms with Crippen LogP contribution in [0.3, 0.4) is 0 Å². The first-order chi connectivity index (χ1) is 17.5. The van der Waals surface area contributed by atoms with E-state index in [1.165, 1.54) is 19.3 Å². The Labute approximate surface area is 212 Å². The van der Waals surface area contributed by atoms with E-state index >= 15 is 0 Å². The SMILES string of the molecule is COc1ccc(C(=O)N(c2ccc(C(=O)C(=O)N3CCCC3)cc2)C23CC4CC(CC(C4)C2)C3)cc1. The summed E-state index contributed by atoms with van der Waals surface area (Å²) >= 11 is 0. The summed E-state index contributed by atoms with van der Waals surface area (Å²) in [7, 11) is 1.62. The summed E-state index contributed by atoms with van der Waals surface area (Å²) in [5.41, 5.74) is 1.64. The fraction of sp³-hybridized carbons (Fsp3) is 0.500. The van der Waals surface area contributed by atoms with Crippen LogP contribution in [-0.2, 0) is 4.79 Å². The molecule has 0 atom stereocenters. The van der Waals surface area contributed by atoms with Crippen LogP contribution in [0.1, 0.15) is 72.1 Å². The molecule has 0 unspecified atom stereocenters. The minimum absolute atomic E-state index is 0.00757. The monoisotopic (exact) mass is 486 g/mol. The second-order valence-corrected chi connectivity index (χ2v) is 11.4. The van der Waals surface area contributed by atoms with Gasteiger partial charge in [0.1, 0.15) is 5.75 Å². The predicted molar refractivity (Wildman–Crippen MR) is 137 cm³/mol. The van der Waals surface area contributed by atoms with Gasteiger partial charge in [0.25, 0.3) is 11.8 Å². The van der Waals surface area contributed by atoms with E-state index in [9.17, 15) is 14.4 Å². The highest BCUT2D eigenvalue weighted by molar-refractivity contribution is 6.42. The molecule has 7 rings (SSSR count). The standard InChI is InChI=1S/C30H34N2O4/c1-36-26-10-6-24(7-11-26)28(34)32(30-17-20-14-21(18-30)16-22(15-20)19-30)25-8-4-23(5-9-25)27(33)29(35)31-12-2-3-13-31/h4-11,20-22H,2-3,12-19H2,1H3. The van der Waals surface area contributed by atoms with Gasteiger partial charge in [-0.05, 0) is 118 Å². The third kappa shape index (κ3) is 4.00. The Balaban J connectivity index is 1.34. The average molecular weight is 487 g/mol. The van der Waals surface area contributed by atoms with Crippen molar-refractivity contribution >= 4 is 23.3 Å². The van der Waals surface area contributed by atoms with Crippen molar-refractivity contribution < 1.29 is 19.1 Å². The number of hydrogen-bond donors (Lipinski definition) is 0. The molecule has 2 aromatic carbocycles. The number of anilines is 1. The lowest BCUT2D eigenvalue weighted by molar-refractivity contribution is -0.125. The maximum atomic E-state index is 14.1. The topological polar surface area (TPSA) is 66.9 Å². The quantitative estimate of drug-likeness (QED) is 0.420. The van der Waals surface area contributed by atoms with Crippen molar-refractivity contribution in [2.75, 3.05) is 25.1 Å². The van der Waals surface area contributed by atoms with Crippen LogP contribution in [0.15, 0.2) is 48.5 Å². The highest BCUT2D eigenvalue weighted by Gasteiger charge is 2.55. The lowest BCUT2D eigenvalue weighted by Gasteiger charge is -2.60. The van der Waals surface area contributed by atoms with E-state index in [1.807, 2.05) is 41.3 Å². The van der Waals surface area contributed by atoms with Crippen molar-refractivity contribution in [2.24, 2.45) is 17.8 Å². The van der Waals surface area contributed by atoms with Crippen molar-refractivity contribution in [3.05, 3.63) is 59.7 Å². The number of benzene rings is 2. The molecule has 5 aliphatic rings. The summed E-state index contributed by atoms with van der Waals surface area (Å²) in [5, 5.41) is 0. The van der Waals surface area contributed by atoms with Crippen LogP contribution < -0.4 is 9.64 Å². The van der Waals surface area contributed by atoms with E-state index < -0.39 is 11.7 Å².